The molecule has 1 N–H and O–H groups in total. The predicted octanol–water partition coefficient (Wildman–Crippen LogP) is 5.09. The Bertz CT molecular complexity index is 819. The van der Waals surface area contributed by atoms with Crippen LogP contribution in [0.4, 0.5) is 0 Å². The largest absolute Gasteiger partial charge is 0.411 e. The van der Waals surface area contributed by atoms with Crippen molar-refractivity contribution in [2.45, 2.75) is 71.4 Å². The van der Waals surface area contributed by atoms with E-state index in [1.165, 1.54) is 45.0 Å². The van der Waals surface area contributed by atoms with Crippen LogP contribution in [-0.4, -0.2) is 45.0 Å². The Morgan fingerprint density at radius 1 is 1.07 bits per heavy atom. The van der Waals surface area contributed by atoms with Crippen LogP contribution in [0.3, 0.4) is 0 Å². The van der Waals surface area contributed by atoms with E-state index in [9.17, 15) is 0 Å². The maximum atomic E-state index is 8.98. The Balaban J connectivity index is 1.41. The third kappa shape index (κ3) is 3.82. The minimum Gasteiger partial charge on any atom is -0.411 e. The fraction of sp³-hybridized carbons (Fsp3) is 0.652. The van der Waals surface area contributed by atoms with Crippen LogP contribution in [0.25, 0.3) is 11.0 Å². The number of hydrogen-bond donors (Lipinski definition) is 1. The normalized spacial score (nSPS) is 25.7. The van der Waals surface area contributed by atoms with Crippen molar-refractivity contribution in [3.05, 3.63) is 30.1 Å². The predicted molar refractivity (Wildman–Crippen MR) is 114 cm³/mol. The van der Waals surface area contributed by atoms with E-state index in [0.29, 0.717) is 11.5 Å². The number of aromatic nitrogens is 2. The molecule has 0 aromatic carbocycles. The summed E-state index contributed by atoms with van der Waals surface area (Å²) in [5.74, 6) is 0.880. The summed E-state index contributed by atoms with van der Waals surface area (Å²) in [6.45, 7) is 9.54. The Morgan fingerprint density at radius 2 is 1.79 bits per heavy atom. The highest BCUT2D eigenvalue weighted by atomic mass is 16.4. The summed E-state index contributed by atoms with van der Waals surface area (Å²) in [5, 5.41) is 13.3. The molecular weight excluding hydrogens is 348 g/mol. The molecule has 5 heteroatoms. The number of nitrogens with zero attached hydrogens (tertiary/aromatic N) is 4. The number of likely N-dealkylation sites (tertiary alicyclic amines) is 1. The van der Waals surface area contributed by atoms with Crippen molar-refractivity contribution in [2.75, 3.05) is 13.1 Å². The minimum atomic E-state index is 0.454. The molecule has 152 valence electrons. The average molecular weight is 383 g/mol. The molecule has 2 aromatic heterocycles. The summed E-state index contributed by atoms with van der Waals surface area (Å²) in [7, 11) is 0. The van der Waals surface area contributed by atoms with E-state index in [1.54, 1.807) is 0 Å². The lowest BCUT2D eigenvalue weighted by molar-refractivity contribution is 0.0722. The molecule has 0 bridgehead atoms. The number of oxime groups is 1. The average Bonchev–Trinajstić information content (AvgIpc) is 3.07. The smallest absolute Gasteiger partial charge is 0.140 e. The third-order valence-electron chi connectivity index (χ3n) is 7.15. The second-order valence-electron chi connectivity index (χ2n) is 9.75. The highest BCUT2D eigenvalue weighted by Gasteiger charge is 2.33. The molecular formula is C23H34N4O. The molecule has 4 rings (SSSR count). The van der Waals surface area contributed by atoms with Gasteiger partial charge in [-0.15, -0.1) is 0 Å². The van der Waals surface area contributed by atoms with Gasteiger partial charge in [-0.1, -0.05) is 25.9 Å². The second kappa shape index (κ2) is 7.86. The van der Waals surface area contributed by atoms with Crippen molar-refractivity contribution in [3.63, 3.8) is 0 Å². The highest BCUT2D eigenvalue weighted by Crippen LogP contribution is 2.40. The summed E-state index contributed by atoms with van der Waals surface area (Å²) < 4.78 is 2.31. The molecule has 0 spiro atoms. The summed E-state index contributed by atoms with van der Waals surface area (Å²) in [5.41, 5.74) is 2.39. The molecule has 2 aliphatic rings. The Kier molecular flexibility index (Phi) is 5.46. The SMILES string of the molecule is CC(C)(C)C1CCC(N2CCC(n3cc(C=NO)c4cccnc43)CC2)CC1. The molecule has 28 heavy (non-hydrogen) atoms. The number of rotatable bonds is 3. The zero-order valence-corrected chi connectivity index (χ0v) is 17.5. The van der Waals surface area contributed by atoms with Crippen molar-refractivity contribution in [1.29, 1.82) is 0 Å². The lowest BCUT2D eigenvalue weighted by Crippen LogP contribution is -2.44. The molecule has 0 unspecified atom stereocenters. The van der Waals surface area contributed by atoms with Crippen LogP contribution >= 0.6 is 0 Å². The van der Waals surface area contributed by atoms with E-state index in [1.807, 2.05) is 12.3 Å². The second-order valence-corrected chi connectivity index (χ2v) is 9.75. The molecule has 5 nitrogen and oxygen atoms in total. The lowest BCUT2D eigenvalue weighted by Gasteiger charge is -2.43. The van der Waals surface area contributed by atoms with Gasteiger partial charge in [-0.25, -0.2) is 4.98 Å². The number of piperidine rings is 1. The standard InChI is InChI=1S/C23H34N4O/c1-23(2,3)18-6-8-19(9-7-18)26-13-10-20(11-14-26)27-16-17(15-25-28)21-5-4-12-24-22(21)27/h4-5,12,15-16,18-20,28H,6-11,13-14H2,1-3H3. The van der Waals surface area contributed by atoms with E-state index in [2.05, 4.69) is 52.6 Å². The fourth-order valence-electron chi connectivity index (χ4n) is 5.39. The van der Waals surface area contributed by atoms with Gasteiger partial charge in [-0.3, -0.25) is 0 Å². The van der Waals surface area contributed by atoms with Gasteiger partial charge in [0.15, 0.2) is 0 Å². The van der Waals surface area contributed by atoms with Gasteiger partial charge in [-0.05, 0) is 62.0 Å². The number of pyridine rings is 1. The summed E-state index contributed by atoms with van der Waals surface area (Å²) in [6, 6.07) is 5.24. The highest BCUT2D eigenvalue weighted by molar-refractivity contribution is 5.97. The van der Waals surface area contributed by atoms with Gasteiger partial charge in [0.05, 0.1) is 6.21 Å². The first-order valence-electron chi connectivity index (χ1n) is 10.8. The van der Waals surface area contributed by atoms with Gasteiger partial charge in [0, 0.05) is 48.5 Å². The molecule has 1 aliphatic heterocycles. The van der Waals surface area contributed by atoms with Crippen LogP contribution in [0.15, 0.2) is 29.7 Å². The lowest BCUT2D eigenvalue weighted by atomic mass is 9.71. The first-order valence-corrected chi connectivity index (χ1v) is 10.8. The van der Waals surface area contributed by atoms with Gasteiger partial charge >= 0.3 is 0 Å². The van der Waals surface area contributed by atoms with Crippen molar-refractivity contribution in [2.24, 2.45) is 16.5 Å². The summed E-state index contributed by atoms with van der Waals surface area (Å²) in [4.78, 5) is 7.35. The number of fused-ring (bicyclic) bond motifs is 1. The quantitative estimate of drug-likeness (QED) is 0.457. The van der Waals surface area contributed by atoms with Crippen LogP contribution in [0.5, 0.6) is 0 Å². The van der Waals surface area contributed by atoms with E-state index in [-0.39, 0.29) is 0 Å². The maximum Gasteiger partial charge on any atom is 0.140 e. The van der Waals surface area contributed by atoms with Crippen molar-refractivity contribution < 1.29 is 5.21 Å². The molecule has 2 aromatic rings. The molecule has 3 heterocycles. The molecule has 0 amide bonds. The topological polar surface area (TPSA) is 53.7 Å². The van der Waals surface area contributed by atoms with Crippen molar-refractivity contribution in [1.82, 2.24) is 14.5 Å². The van der Waals surface area contributed by atoms with Gasteiger partial charge in [-0.2, -0.15) is 0 Å². The van der Waals surface area contributed by atoms with E-state index in [0.717, 1.165) is 41.4 Å². The van der Waals surface area contributed by atoms with Crippen LogP contribution in [0.1, 0.15) is 70.9 Å². The Hall–Kier alpha value is -1.88. The van der Waals surface area contributed by atoms with Crippen LogP contribution in [0, 0.1) is 11.3 Å². The first-order chi connectivity index (χ1) is 13.5. The molecule has 0 atom stereocenters. The van der Waals surface area contributed by atoms with E-state index < -0.39 is 0 Å². The van der Waals surface area contributed by atoms with Gasteiger partial charge < -0.3 is 14.7 Å². The van der Waals surface area contributed by atoms with Crippen LogP contribution in [0.2, 0.25) is 0 Å². The monoisotopic (exact) mass is 382 g/mol. The fourth-order valence-corrected chi connectivity index (χ4v) is 5.39. The van der Waals surface area contributed by atoms with Crippen molar-refractivity contribution in [3.8, 4) is 0 Å². The summed E-state index contributed by atoms with van der Waals surface area (Å²) in [6.07, 6.45) is 13.3. The summed E-state index contributed by atoms with van der Waals surface area (Å²) >= 11 is 0. The molecule has 1 saturated heterocycles. The zero-order chi connectivity index (χ0) is 19.7. The Labute approximate surface area is 168 Å². The molecule has 0 radical (unpaired) electrons. The molecule has 1 saturated carbocycles. The molecule has 1 aliphatic carbocycles. The van der Waals surface area contributed by atoms with Crippen molar-refractivity contribution >= 4 is 17.2 Å². The molecule has 2 fully saturated rings. The van der Waals surface area contributed by atoms with E-state index in [4.69, 9.17) is 5.21 Å². The van der Waals surface area contributed by atoms with Crippen LogP contribution < -0.4 is 0 Å². The van der Waals surface area contributed by atoms with Gasteiger partial charge in [0.25, 0.3) is 0 Å². The maximum absolute atomic E-state index is 8.98. The zero-order valence-electron chi connectivity index (χ0n) is 17.5. The number of hydrogen-bond acceptors (Lipinski definition) is 4. The van der Waals surface area contributed by atoms with Crippen LogP contribution in [-0.2, 0) is 0 Å². The first kappa shape index (κ1) is 19.4. The van der Waals surface area contributed by atoms with Gasteiger partial charge in [0.2, 0.25) is 0 Å². The van der Waals surface area contributed by atoms with E-state index >= 15 is 0 Å². The van der Waals surface area contributed by atoms with Gasteiger partial charge in [0.1, 0.15) is 5.65 Å². The Morgan fingerprint density at radius 3 is 2.43 bits per heavy atom. The minimum absolute atomic E-state index is 0.454. The third-order valence-corrected chi connectivity index (χ3v) is 7.15.